The van der Waals surface area contributed by atoms with Crippen LogP contribution in [-0.4, -0.2) is 42.4 Å². The number of nitrogens with one attached hydrogen (secondary N) is 1. The molecule has 0 bridgehead atoms. The Bertz CT molecular complexity index is 636. The Morgan fingerprint density at radius 2 is 1.72 bits per heavy atom. The van der Waals surface area contributed by atoms with Gasteiger partial charge in [0.25, 0.3) is 0 Å². The third kappa shape index (κ3) is 3.69. The average molecular weight is 292 g/mol. The molecule has 1 aromatic rings. The third-order valence-corrected chi connectivity index (χ3v) is 4.49. The van der Waals surface area contributed by atoms with Gasteiger partial charge in [0.15, 0.2) is 19.7 Å². The van der Waals surface area contributed by atoms with Crippen molar-refractivity contribution in [2.75, 3.05) is 30.9 Å². The summed E-state index contributed by atoms with van der Waals surface area (Å²) in [6.45, 7) is 0.748. The maximum atomic E-state index is 11.6. The molecule has 0 radical (unpaired) electrons. The largest absolute Gasteiger partial charge is 0.383 e. The molecule has 1 aromatic carbocycles. The van der Waals surface area contributed by atoms with Gasteiger partial charge in [-0.25, -0.2) is 16.8 Å². The van der Waals surface area contributed by atoms with Crippen LogP contribution in [0.5, 0.6) is 0 Å². The summed E-state index contributed by atoms with van der Waals surface area (Å²) >= 11 is 0. The fourth-order valence-electron chi connectivity index (χ4n) is 1.39. The molecule has 0 heterocycles. The van der Waals surface area contributed by atoms with Crippen molar-refractivity contribution in [3.8, 4) is 0 Å². The van der Waals surface area contributed by atoms with Gasteiger partial charge in [-0.3, -0.25) is 0 Å². The summed E-state index contributed by atoms with van der Waals surface area (Å²) in [5.41, 5.74) is 5.68. The zero-order chi connectivity index (χ0) is 14.0. The van der Waals surface area contributed by atoms with Crippen LogP contribution in [0.4, 0.5) is 5.69 Å². The summed E-state index contributed by atoms with van der Waals surface area (Å²) in [4.78, 5) is -0.0694. The second-order valence-electron chi connectivity index (χ2n) is 3.92. The lowest BCUT2D eigenvalue weighted by Gasteiger charge is -2.11. The molecule has 0 aliphatic heterocycles. The van der Waals surface area contributed by atoms with Crippen LogP contribution in [-0.2, 0) is 19.7 Å². The molecule has 0 aromatic heterocycles. The second-order valence-corrected chi connectivity index (χ2v) is 7.92. The smallest absolute Gasteiger partial charge is 0.177 e. The van der Waals surface area contributed by atoms with E-state index in [1.54, 1.807) is 0 Å². The molecule has 0 unspecified atom stereocenters. The number of nitrogens with two attached hydrogens (primary N) is 1. The molecule has 0 aliphatic carbocycles. The van der Waals surface area contributed by atoms with Crippen molar-refractivity contribution in [1.82, 2.24) is 0 Å². The van der Waals surface area contributed by atoms with Crippen molar-refractivity contribution in [1.29, 1.82) is 0 Å². The van der Waals surface area contributed by atoms with Crippen molar-refractivity contribution in [3.05, 3.63) is 18.2 Å². The van der Waals surface area contributed by atoms with E-state index in [0.29, 0.717) is 18.8 Å². The molecule has 0 spiro atoms. The summed E-state index contributed by atoms with van der Waals surface area (Å²) in [7, 11) is -6.95. The van der Waals surface area contributed by atoms with Gasteiger partial charge >= 0.3 is 0 Å². The maximum Gasteiger partial charge on any atom is 0.177 e. The molecule has 0 fully saturated rings. The summed E-state index contributed by atoms with van der Waals surface area (Å²) in [6, 6.07) is 3.95. The van der Waals surface area contributed by atoms with Crippen LogP contribution >= 0.6 is 0 Å². The Labute approximate surface area is 107 Å². The molecule has 0 saturated heterocycles. The monoisotopic (exact) mass is 292 g/mol. The van der Waals surface area contributed by atoms with E-state index >= 15 is 0 Å². The van der Waals surface area contributed by atoms with Gasteiger partial charge in [0, 0.05) is 25.6 Å². The number of hydrogen-bond acceptors (Lipinski definition) is 6. The second kappa shape index (κ2) is 5.25. The van der Waals surface area contributed by atoms with Gasteiger partial charge in [0.05, 0.1) is 15.5 Å². The zero-order valence-electron chi connectivity index (χ0n) is 10.2. The van der Waals surface area contributed by atoms with E-state index in [-0.39, 0.29) is 9.79 Å². The van der Waals surface area contributed by atoms with Gasteiger partial charge in [-0.1, -0.05) is 0 Å². The van der Waals surface area contributed by atoms with Gasteiger partial charge in [-0.05, 0) is 18.2 Å². The molecule has 0 atom stereocenters. The minimum absolute atomic E-state index is 0.0266. The van der Waals surface area contributed by atoms with E-state index < -0.39 is 19.7 Å². The summed E-state index contributed by atoms with van der Waals surface area (Å²) in [6.07, 6.45) is 2.06. The highest BCUT2D eigenvalue weighted by Crippen LogP contribution is 2.24. The molecule has 3 N–H and O–H groups in total. The average Bonchev–Trinajstić information content (AvgIpc) is 2.23. The van der Waals surface area contributed by atoms with E-state index in [1.807, 2.05) is 0 Å². The Morgan fingerprint density at radius 1 is 1.11 bits per heavy atom. The highest BCUT2D eigenvalue weighted by molar-refractivity contribution is 7.91. The standard InChI is InChI=1S/C10H16N2O4S2/c1-17(13,14)8-3-4-9(12-6-5-11)10(7-8)18(2,15)16/h3-4,7,12H,5-6,11H2,1-2H3. The number of rotatable bonds is 5. The zero-order valence-corrected chi connectivity index (χ0v) is 11.8. The number of hydrogen-bond donors (Lipinski definition) is 2. The first-order valence-corrected chi connectivity index (χ1v) is 8.92. The minimum Gasteiger partial charge on any atom is -0.383 e. The number of sulfone groups is 2. The summed E-state index contributed by atoms with van der Waals surface area (Å²) < 4.78 is 46.1. The molecule has 0 aliphatic rings. The molecule has 18 heavy (non-hydrogen) atoms. The van der Waals surface area contributed by atoms with Crippen LogP contribution in [0.3, 0.4) is 0 Å². The SMILES string of the molecule is CS(=O)(=O)c1ccc(NCCN)c(S(C)(=O)=O)c1. The van der Waals surface area contributed by atoms with Crippen LogP contribution < -0.4 is 11.1 Å². The fourth-order valence-corrected chi connectivity index (χ4v) is 3.00. The lowest BCUT2D eigenvalue weighted by molar-refractivity contribution is 0.600. The van der Waals surface area contributed by atoms with Crippen LogP contribution in [0.15, 0.2) is 28.0 Å². The first kappa shape index (κ1) is 14.9. The molecule has 0 amide bonds. The minimum atomic E-state index is -3.51. The molecule has 8 heteroatoms. The molecular weight excluding hydrogens is 276 g/mol. The van der Waals surface area contributed by atoms with E-state index in [1.165, 1.54) is 12.1 Å². The first-order valence-electron chi connectivity index (χ1n) is 5.14. The number of benzene rings is 1. The predicted molar refractivity (Wildman–Crippen MR) is 70.2 cm³/mol. The molecule has 1 rings (SSSR count). The van der Waals surface area contributed by atoms with Gasteiger partial charge < -0.3 is 11.1 Å². The van der Waals surface area contributed by atoms with Gasteiger partial charge in [-0.15, -0.1) is 0 Å². The number of anilines is 1. The Morgan fingerprint density at radius 3 is 2.17 bits per heavy atom. The quantitative estimate of drug-likeness (QED) is 0.782. The predicted octanol–water partition coefficient (Wildman–Crippen LogP) is -0.136. The van der Waals surface area contributed by atoms with Gasteiger partial charge in [-0.2, -0.15) is 0 Å². The highest BCUT2D eigenvalue weighted by Gasteiger charge is 2.17. The van der Waals surface area contributed by atoms with Crippen LogP contribution in [0, 0.1) is 0 Å². The Kier molecular flexibility index (Phi) is 4.36. The van der Waals surface area contributed by atoms with Crippen molar-refractivity contribution in [3.63, 3.8) is 0 Å². The topological polar surface area (TPSA) is 106 Å². The Hall–Kier alpha value is -1.12. The molecule has 102 valence electrons. The van der Waals surface area contributed by atoms with Crippen molar-refractivity contribution >= 4 is 25.4 Å². The van der Waals surface area contributed by atoms with Crippen LogP contribution in [0.25, 0.3) is 0 Å². The lowest BCUT2D eigenvalue weighted by Crippen LogP contribution is -2.15. The molecular formula is C10H16N2O4S2. The Balaban J connectivity index is 3.40. The van der Waals surface area contributed by atoms with Crippen molar-refractivity contribution in [2.45, 2.75) is 9.79 Å². The lowest BCUT2D eigenvalue weighted by atomic mass is 10.3. The maximum absolute atomic E-state index is 11.6. The first-order chi connectivity index (χ1) is 8.16. The van der Waals surface area contributed by atoms with E-state index in [0.717, 1.165) is 18.6 Å². The molecule has 6 nitrogen and oxygen atoms in total. The summed E-state index contributed by atoms with van der Waals surface area (Å²) in [5.74, 6) is 0. The van der Waals surface area contributed by atoms with Crippen molar-refractivity contribution < 1.29 is 16.8 Å². The van der Waals surface area contributed by atoms with E-state index in [2.05, 4.69) is 5.32 Å². The van der Waals surface area contributed by atoms with E-state index in [4.69, 9.17) is 5.73 Å². The highest BCUT2D eigenvalue weighted by atomic mass is 32.2. The van der Waals surface area contributed by atoms with Crippen LogP contribution in [0.1, 0.15) is 0 Å². The third-order valence-electron chi connectivity index (χ3n) is 2.24. The normalized spacial score (nSPS) is 12.4. The van der Waals surface area contributed by atoms with Gasteiger partial charge in [0.2, 0.25) is 0 Å². The fraction of sp³-hybridized carbons (Fsp3) is 0.400. The summed E-state index contributed by atoms with van der Waals surface area (Å²) in [5, 5.41) is 2.85. The molecule has 0 saturated carbocycles. The van der Waals surface area contributed by atoms with E-state index in [9.17, 15) is 16.8 Å². The van der Waals surface area contributed by atoms with Crippen molar-refractivity contribution in [2.24, 2.45) is 5.73 Å². The van der Waals surface area contributed by atoms with Gasteiger partial charge in [0.1, 0.15) is 0 Å². The van der Waals surface area contributed by atoms with Crippen LogP contribution in [0.2, 0.25) is 0 Å².